The fourth-order valence-corrected chi connectivity index (χ4v) is 2.51. The van der Waals surface area contributed by atoms with Gasteiger partial charge in [0.25, 0.3) is 11.8 Å². The lowest BCUT2D eigenvalue weighted by Gasteiger charge is -2.15. The largest absolute Gasteiger partial charge is 0.493 e. The standard InChI is InChI=1S/C17H21N3O7/c1-25-13-7-10(3-4-12(13)27-9-14(18)22)19-15-11(17(24)26-2)8-20(5-6-21)16(15)23/h3-4,7,19,21H,5-6,8-9H2,1-2H3,(H2,18,22). The Balaban J connectivity index is 2.28. The van der Waals surface area contributed by atoms with Crippen molar-refractivity contribution in [1.82, 2.24) is 4.90 Å². The van der Waals surface area contributed by atoms with Gasteiger partial charge in [-0.25, -0.2) is 4.79 Å². The number of amides is 2. The molecule has 2 amide bonds. The van der Waals surface area contributed by atoms with Gasteiger partial charge >= 0.3 is 5.97 Å². The van der Waals surface area contributed by atoms with Crippen LogP contribution >= 0.6 is 0 Å². The number of benzene rings is 1. The number of nitrogens with zero attached hydrogens (tertiary/aromatic N) is 1. The van der Waals surface area contributed by atoms with Crippen molar-refractivity contribution in [3.63, 3.8) is 0 Å². The molecule has 1 aromatic carbocycles. The molecule has 10 heteroatoms. The summed E-state index contributed by atoms with van der Waals surface area (Å²) in [6.07, 6.45) is 0. The molecule has 1 heterocycles. The molecule has 0 saturated heterocycles. The van der Waals surface area contributed by atoms with Crippen molar-refractivity contribution < 1.29 is 33.7 Å². The maximum atomic E-state index is 12.5. The topological polar surface area (TPSA) is 140 Å². The van der Waals surface area contributed by atoms with Crippen LogP contribution in [-0.4, -0.2) is 68.3 Å². The van der Waals surface area contributed by atoms with E-state index in [4.69, 9.17) is 25.1 Å². The van der Waals surface area contributed by atoms with E-state index < -0.39 is 17.8 Å². The minimum absolute atomic E-state index is 0.0331. The highest BCUT2D eigenvalue weighted by Gasteiger charge is 2.34. The highest BCUT2D eigenvalue weighted by Crippen LogP contribution is 2.32. The van der Waals surface area contributed by atoms with E-state index in [1.54, 1.807) is 12.1 Å². The fourth-order valence-electron chi connectivity index (χ4n) is 2.51. The van der Waals surface area contributed by atoms with Crippen LogP contribution in [0, 0.1) is 0 Å². The second-order valence-corrected chi connectivity index (χ2v) is 5.54. The molecular weight excluding hydrogens is 358 g/mol. The predicted octanol–water partition coefficient (Wildman–Crippen LogP) is -0.767. The molecule has 0 unspecified atom stereocenters. The lowest BCUT2D eigenvalue weighted by Crippen LogP contribution is -2.31. The molecule has 1 aliphatic heterocycles. The number of rotatable bonds is 9. The highest BCUT2D eigenvalue weighted by atomic mass is 16.5. The summed E-state index contributed by atoms with van der Waals surface area (Å²) in [5.74, 6) is -1.10. The van der Waals surface area contributed by atoms with Gasteiger partial charge in [-0.2, -0.15) is 0 Å². The molecule has 146 valence electrons. The first-order chi connectivity index (χ1) is 12.9. The van der Waals surface area contributed by atoms with Gasteiger partial charge in [0, 0.05) is 18.3 Å². The molecule has 0 bridgehead atoms. The van der Waals surface area contributed by atoms with Gasteiger partial charge < -0.3 is 35.3 Å². The van der Waals surface area contributed by atoms with Crippen molar-refractivity contribution in [2.24, 2.45) is 5.73 Å². The van der Waals surface area contributed by atoms with Gasteiger partial charge in [-0.05, 0) is 12.1 Å². The molecule has 0 radical (unpaired) electrons. The quantitative estimate of drug-likeness (QED) is 0.475. The number of carbonyl (C=O) groups excluding carboxylic acids is 3. The van der Waals surface area contributed by atoms with Crippen LogP contribution < -0.4 is 20.5 Å². The number of β-amino-alcohol motifs (C(OH)–C–C–N with tert-alkyl or cyclic N) is 1. The lowest BCUT2D eigenvalue weighted by molar-refractivity contribution is -0.136. The Bertz CT molecular complexity index is 776. The third-order valence-electron chi connectivity index (χ3n) is 3.76. The molecule has 0 atom stereocenters. The SMILES string of the molecule is COC(=O)C1=C(Nc2ccc(OCC(N)=O)c(OC)c2)C(=O)N(CCO)C1. The average Bonchev–Trinajstić information content (AvgIpc) is 2.96. The minimum atomic E-state index is -0.639. The number of nitrogens with one attached hydrogen (secondary N) is 1. The van der Waals surface area contributed by atoms with Crippen LogP contribution in [0.3, 0.4) is 0 Å². The van der Waals surface area contributed by atoms with Gasteiger partial charge in [0.2, 0.25) is 0 Å². The summed E-state index contributed by atoms with van der Waals surface area (Å²) in [4.78, 5) is 36.7. The third kappa shape index (κ3) is 4.67. The smallest absolute Gasteiger partial charge is 0.337 e. The first-order valence-corrected chi connectivity index (χ1v) is 7.99. The summed E-state index contributed by atoms with van der Waals surface area (Å²) in [6.45, 7) is -0.415. The number of methoxy groups -OCH3 is 2. The van der Waals surface area contributed by atoms with Crippen LogP contribution in [-0.2, 0) is 19.1 Å². The van der Waals surface area contributed by atoms with E-state index in [0.717, 1.165) is 0 Å². The van der Waals surface area contributed by atoms with Gasteiger partial charge in [0.15, 0.2) is 18.1 Å². The number of hydrogen-bond donors (Lipinski definition) is 3. The van der Waals surface area contributed by atoms with E-state index >= 15 is 0 Å². The van der Waals surface area contributed by atoms with Gasteiger partial charge in [-0.1, -0.05) is 0 Å². The van der Waals surface area contributed by atoms with Crippen LogP contribution in [0.5, 0.6) is 11.5 Å². The van der Waals surface area contributed by atoms with Crippen molar-refractivity contribution in [1.29, 1.82) is 0 Å². The summed E-state index contributed by atoms with van der Waals surface area (Å²) in [6, 6.07) is 4.66. The first-order valence-electron chi connectivity index (χ1n) is 7.99. The van der Waals surface area contributed by atoms with E-state index in [2.05, 4.69) is 5.32 Å². The molecule has 27 heavy (non-hydrogen) atoms. The molecule has 4 N–H and O–H groups in total. The third-order valence-corrected chi connectivity index (χ3v) is 3.76. The Morgan fingerprint density at radius 1 is 1.30 bits per heavy atom. The van der Waals surface area contributed by atoms with Gasteiger partial charge in [-0.15, -0.1) is 0 Å². The zero-order chi connectivity index (χ0) is 20.0. The van der Waals surface area contributed by atoms with E-state index in [9.17, 15) is 14.4 Å². The van der Waals surface area contributed by atoms with Crippen molar-refractivity contribution in [2.75, 3.05) is 45.8 Å². The van der Waals surface area contributed by atoms with Crippen LogP contribution in [0.2, 0.25) is 0 Å². The maximum absolute atomic E-state index is 12.5. The van der Waals surface area contributed by atoms with E-state index in [0.29, 0.717) is 17.2 Å². The van der Waals surface area contributed by atoms with Gasteiger partial charge in [0.1, 0.15) is 5.70 Å². The number of anilines is 1. The van der Waals surface area contributed by atoms with Crippen molar-refractivity contribution in [3.8, 4) is 11.5 Å². The molecule has 0 spiro atoms. The molecule has 0 fully saturated rings. The summed E-state index contributed by atoms with van der Waals surface area (Å²) in [5, 5.41) is 12.0. The molecule has 10 nitrogen and oxygen atoms in total. The monoisotopic (exact) mass is 379 g/mol. The van der Waals surface area contributed by atoms with Crippen LogP contribution in [0.25, 0.3) is 0 Å². The fraction of sp³-hybridized carbons (Fsp3) is 0.353. The zero-order valence-electron chi connectivity index (χ0n) is 15.0. The van der Waals surface area contributed by atoms with E-state index in [1.165, 1.54) is 25.2 Å². The summed E-state index contributed by atoms with van der Waals surface area (Å²) < 4.78 is 15.2. The van der Waals surface area contributed by atoms with Gasteiger partial charge in [-0.3, -0.25) is 9.59 Å². The second kappa shape index (κ2) is 8.90. The minimum Gasteiger partial charge on any atom is -0.493 e. The molecule has 0 aromatic heterocycles. The Morgan fingerprint density at radius 3 is 2.63 bits per heavy atom. The average molecular weight is 379 g/mol. The number of esters is 1. The highest BCUT2D eigenvalue weighted by molar-refractivity contribution is 6.08. The Morgan fingerprint density at radius 2 is 2.04 bits per heavy atom. The molecule has 2 rings (SSSR count). The summed E-state index contributed by atoms with van der Waals surface area (Å²) >= 11 is 0. The first kappa shape index (κ1) is 20.0. The van der Waals surface area contributed by atoms with Crippen LogP contribution in [0.4, 0.5) is 5.69 Å². The maximum Gasteiger partial charge on any atom is 0.337 e. The second-order valence-electron chi connectivity index (χ2n) is 5.54. The van der Waals surface area contributed by atoms with Crippen LogP contribution in [0.15, 0.2) is 29.5 Å². The van der Waals surface area contributed by atoms with Gasteiger partial charge in [0.05, 0.1) is 32.9 Å². The Labute approximate surface area is 155 Å². The molecule has 0 aliphatic carbocycles. The normalized spacial score (nSPS) is 13.6. The number of hydrogen-bond acceptors (Lipinski definition) is 8. The number of aliphatic hydroxyl groups is 1. The molecule has 0 saturated carbocycles. The van der Waals surface area contributed by atoms with E-state index in [-0.39, 0.29) is 37.6 Å². The van der Waals surface area contributed by atoms with E-state index in [1.807, 2.05) is 0 Å². The number of aliphatic hydroxyl groups excluding tert-OH is 1. The summed E-state index contributed by atoms with van der Waals surface area (Å²) in [7, 11) is 2.64. The number of ether oxygens (including phenoxy) is 3. The van der Waals surface area contributed by atoms with Crippen molar-refractivity contribution in [2.45, 2.75) is 0 Å². The van der Waals surface area contributed by atoms with Crippen molar-refractivity contribution >= 4 is 23.5 Å². The predicted molar refractivity (Wildman–Crippen MR) is 94.0 cm³/mol. The Kier molecular flexibility index (Phi) is 6.61. The molecular formula is C17H21N3O7. The van der Waals surface area contributed by atoms with Crippen molar-refractivity contribution in [3.05, 3.63) is 29.5 Å². The molecule has 1 aliphatic rings. The number of carbonyl (C=O) groups is 3. The lowest BCUT2D eigenvalue weighted by atomic mass is 10.2. The molecule has 1 aromatic rings. The number of nitrogens with two attached hydrogens (primary N) is 1. The van der Waals surface area contributed by atoms with Crippen LogP contribution in [0.1, 0.15) is 0 Å². The number of primary amides is 1. The summed E-state index contributed by atoms with van der Waals surface area (Å²) in [5.41, 5.74) is 5.72. The zero-order valence-corrected chi connectivity index (χ0v) is 15.0. The Hall–Kier alpha value is -3.27.